The molecule has 2 N–H and O–H groups in total. The van der Waals surface area contributed by atoms with Gasteiger partial charge >= 0.3 is 0 Å². The van der Waals surface area contributed by atoms with Crippen molar-refractivity contribution in [3.63, 3.8) is 0 Å². The Morgan fingerprint density at radius 3 is 2.71 bits per heavy atom. The predicted octanol–water partition coefficient (Wildman–Crippen LogP) is 1.43. The number of hydrogen-bond acceptors (Lipinski definition) is 4. The van der Waals surface area contributed by atoms with E-state index in [9.17, 15) is 9.90 Å². The normalized spacial score (nSPS) is 10.5. The maximum atomic E-state index is 11.8. The molecule has 0 saturated carbocycles. The van der Waals surface area contributed by atoms with Gasteiger partial charge in [0.05, 0.1) is 18.7 Å². The van der Waals surface area contributed by atoms with Crippen molar-refractivity contribution in [3.05, 3.63) is 23.8 Å². The standard InChI is InChI=1S/C12H14N2O3/c1-12(2,7-13)14-11(16)9-6-8(17-3)4-5-10(9)15/h4-6,15H,1-3H3,(H,14,16). The highest BCUT2D eigenvalue weighted by Crippen LogP contribution is 2.23. The number of ether oxygens (including phenoxy) is 1. The van der Waals surface area contributed by atoms with Crippen molar-refractivity contribution in [1.29, 1.82) is 5.26 Å². The third-order valence-electron chi connectivity index (χ3n) is 2.15. The molecule has 0 bridgehead atoms. The van der Waals surface area contributed by atoms with Gasteiger partial charge in [-0.3, -0.25) is 4.79 Å². The van der Waals surface area contributed by atoms with Gasteiger partial charge in [0.15, 0.2) is 0 Å². The van der Waals surface area contributed by atoms with Crippen LogP contribution in [0.1, 0.15) is 24.2 Å². The molecule has 0 aliphatic heterocycles. The average Bonchev–Trinajstić information content (AvgIpc) is 2.29. The Labute approximate surface area is 99.6 Å². The predicted molar refractivity (Wildman–Crippen MR) is 61.8 cm³/mol. The third-order valence-corrected chi connectivity index (χ3v) is 2.15. The molecule has 0 saturated heterocycles. The molecular weight excluding hydrogens is 220 g/mol. The van der Waals surface area contributed by atoms with E-state index in [1.165, 1.54) is 19.2 Å². The van der Waals surface area contributed by atoms with Crippen LogP contribution in [-0.2, 0) is 0 Å². The second-order valence-electron chi connectivity index (χ2n) is 4.07. The van der Waals surface area contributed by atoms with E-state index in [4.69, 9.17) is 10.00 Å². The molecule has 5 nitrogen and oxygen atoms in total. The second kappa shape index (κ2) is 4.74. The Kier molecular flexibility index (Phi) is 3.59. The number of aromatic hydroxyl groups is 1. The lowest BCUT2D eigenvalue weighted by Crippen LogP contribution is -2.42. The van der Waals surface area contributed by atoms with Gasteiger partial charge in [-0.25, -0.2) is 0 Å². The van der Waals surface area contributed by atoms with Crippen molar-refractivity contribution in [2.45, 2.75) is 19.4 Å². The molecule has 5 heteroatoms. The Morgan fingerprint density at radius 1 is 1.53 bits per heavy atom. The molecule has 0 aromatic heterocycles. The minimum absolute atomic E-state index is 0.0766. The summed E-state index contributed by atoms with van der Waals surface area (Å²) >= 11 is 0. The van der Waals surface area contributed by atoms with Crippen molar-refractivity contribution in [1.82, 2.24) is 5.32 Å². The van der Waals surface area contributed by atoms with Crippen LogP contribution in [0.2, 0.25) is 0 Å². The average molecular weight is 234 g/mol. The third kappa shape index (κ3) is 3.11. The largest absolute Gasteiger partial charge is 0.507 e. The Bertz CT molecular complexity index is 475. The Balaban J connectivity index is 3.01. The van der Waals surface area contributed by atoms with Gasteiger partial charge in [0.25, 0.3) is 5.91 Å². The molecule has 1 rings (SSSR count). The van der Waals surface area contributed by atoms with Crippen LogP contribution < -0.4 is 10.1 Å². The molecule has 1 amide bonds. The van der Waals surface area contributed by atoms with Crippen molar-refractivity contribution >= 4 is 5.91 Å². The number of benzene rings is 1. The van der Waals surface area contributed by atoms with E-state index < -0.39 is 11.4 Å². The van der Waals surface area contributed by atoms with E-state index in [1.807, 2.05) is 6.07 Å². The summed E-state index contributed by atoms with van der Waals surface area (Å²) in [5, 5.41) is 20.9. The smallest absolute Gasteiger partial charge is 0.256 e. The minimum atomic E-state index is -0.993. The molecule has 0 unspecified atom stereocenters. The fourth-order valence-electron chi connectivity index (χ4n) is 1.20. The number of phenols is 1. The Hall–Kier alpha value is -2.22. The number of phenolic OH excluding ortho intramolecular Hbond substituents is 1. The highest BCUT2D eigenvalue weighted by atomic mass is 16.5. The van der Waals surface area contributed by atoms with Crippen LogP contribution in [0.3, 0.4) is 0 Å². The van der Waals surface area contributed by atoms with E-state index in [0.717, 1.165) is 0 Å². The fraction of sp³-hybridized carbons (Fsp3) is 0.333. The first kappa shape index (κ1) is 12.8. The Morgan fingerprint density at radius 2 is 2.18 bits per heavy atom. The number of carbonyl (C=O) groups excluding carboxylic acids is 1. The van der Waals surface area contributed by atoms with E-state index >= 15 is 0 Å². The fourth-order valence-corrected chi connectivity index (χ4v) is 1.20. The van der Waals surface area contributed by atoms with Crippen LogP contribution in [0.25, 0.3) is 0 Å². The molecule has 17 heavy (non-hydrogen) atoms. The molecular formula is C12H14N2O3. The van der Waals surface area contributed by atoms with Crippen molar-refractivity contribution in [3.8, 4) is 17.6 Å². The summed E-state index contributed by atoms with van der Waals surface area (Å²) in [6, 6.07) is 6.27. The summed E-state index contributed by atoms with van der Waals surface area (Å²) in [7, 11) is 1.47. The highest BCUT2D eigenvalue weighted by molar-refractivity contribution is 5.97. The number of carbonyl (C=O) groups is 1. The quantitative estimate of drug-likeness (QED) is 0.828. The second-order valence-corrected chi connectivity index (χ2v) is 4.07. The number of nitrogens with zero attached hydrogens (tertiary/aromatic N) is 1. The maximum Gasteiger partial charge on any atom is 0.256 e. The van der Waals surface area contributed by atoms with Gasteiger partial charge in [-0.15, -0.1) is 0 Å². The lowest BCUT2D eigenvalue weighted by molar-refractivity contribution is 0.0926. The number of hydrogen-bond donors (Lipinski definition) is 2. The number of nitriles is 1. The van der Waals surface area contributed by atoms with Gasteiger partial charge in [-0.05, 0) is 32.0 Å². The van der Waals surface area contributed by atoms with Crippen molar-refractivity contribution in [2.24, 2.45) is 0 Å². The monoisotopic (exact) mass is 234 g/mol. The number of amides is 1. The number of rotatable bonds is 3. The van der Waals surface area contributed by atoms with Crippen molar-refractivity contribution in [2.75, 3.05) is 7.11 Å². The maximum absolute atomic E-state index is 11.8. The molecule has 90 valence electrons. The highest BCUT2D eigenvalue weighted by Gasteiger charge is 2.22. The van der Waals surface area contributed by atoms with Crippen LogP contribution >= 0.6 is 0 Å². The zero-order chi connectivity index (χ0) is 13.1. The molecule has 0 heterocycles. The first-order valence-electron chi connectivity index (χ1n) is 5.00. The van der Waals surface area contributed by atoms with Gasteiger partial charge in [-0.1, -0.05) is 0 Å². The zero-order valence-electron chi connectivity index (χ0n) is 9.94. The first-order valence-corrected chi connectivity index (χ1v) is 5.00. The summed E-state index contributed by atoms with van der Waals surface area (Å²) in [6.07, 6.45) is 0. The molecule has 0 spiro atoms. The summed E-state index contributed by atoms with van der Waals surface area (Å²) in [6.45, 7) is 3.14. The van der Waals surface area contributed by atoms with E-state index in [2.05, 4.69) is 5.32 Å². The van der Waals surface area contributed by atoms with Crippen LogP contribution in [-0.4, -0.2) is 23.7 Å². The van der Waals surface area contributed by atoms with E-state index in [0.29, 0.717) is 5.75 Å². The molecule has 0 atom stereocenters. The first-order chi connectivity index (χ1) is 7.89. The summed E-state index contributed by atoms with van der Waals surface area (Å²) in [5.41, 5.74) is -0.917. The van der Waals surface area contributed by atoms with Gasteiger partial charge in [0.2, 0.25) is 0 Å². The SMILES string of the molecule is COc1ccc(O)c(C(=O)NC(C)(C)C#N)c1. The lowest BCUT2D eigenvalue weighted by Gasteiger charge is -2.18. The van der Waals surface area contributed by atoms with Crippen LogP contribution in [0.4, 0.5) is 0 Å². The van der Waals surface area contributed by atoms with Crippen LogP contribution in [0, 0.1) is 11.3 Å². The lowest BCUT2D eigenvalue weighted by atomic mass is 10.1. The van der Waals surface area contributed by atoms with E-state index in [-0.39, 0.29) is 11.3 Å². The topological polar surface area (TPSA) is 82.3 Å². The number of nitrogens with one attached hydrogen (secondary N) is 1. The minimum Gasteiger partial charge on any atom is -0.507 e. The van der Waals surface area contributed by atoms with Crippen LogP contribution in [0.15, 0.2) is 18.2 Å². The van der Waals surface area contributed by atoms with Gasteiger partial charge in [-0.2, -0.15) is 5.26 Å². The molecule has 1 aromatic carbocycles. The molecule has 0 radical (unpaired) electrons. The van der Waals surface area contributed by atoms with Crippen LogP contribution in [0.5, 0.6) is 11.5 Å². The van der Waals surface area contributed by atoms with Gasteiger partial charge in [0.1, 0.15) is 17.0 Å². The van der Waals surface area contributed by atoms with Gasteiger partial charge in [0, 0.05) is 0 Å². The van der Waals surface area contributed by atoms with E-state index in [1.54, 1.807) is 19.9 Å². The molecule has 0 fully saturated rings. The zero-order valence-corrected chi connectivity index (χ0v) is 9.94. The molecule has 1 aromatic rings. The number of methoxy groups -OCH3 is 1. The summed E-state index contributed by atoms with van der Waals surface area (Å²) in [4.78, 5) is 11.8. The van der Waals surface area contributed by atoms with Crippen molar-refractivity contribution < 1.29 is 14.6 Å². The summed E-state index contributed by atoms with van der Waals surface area (Å²) < 4.78 is 4.96. The summed E-state index contributed by atoms with van der Waals surface area (Å²) in [5.74, 6) is -0.215. The molecule has 0 aliphatic rings. The van der Waals surface area contributed by atoms with Gasteiger partial charge < -0.3 is 15.2 Å². The molecule has 0 aliphatic carbocycles.